The van der Waals surface area contributed by atoms with Crippen molar-refractivity contribution < 1.29 is 13.2 Å². The van der Waals surface area contributed by atoms with E-state index in [-0.39, 0.29) is 11.5 Å². The van der Waals surface area contributed by atoms with Gasteiger partial charge in [-0.2, -0.15) is 0 Å². The second-order valence-corrected chi connectivity index (χ2v) is 7.12. The summed E-state index contributed by atoms with van der Waals surface area (Å²) in [5, 5.41) is 0. The monoisotopic (exact) mass is 334 g/mol. The van der Waals surface area contributed by atoms with E-state index in [9.17, 15) is 13.2 Å². The first-order valence-electron chi connectivity index (χ1n) is 8.48. The number of hydrogen-bond acceptors (Lipinski definition) is 0. The van der Waals surface area contributed by atoms with Gasteiger partial charge in [-0.15, -0.1) is 0 Å². The molecule has 24 heavy (non-hydrogen) atoms. The minimum atomic E-state index is -0.884. The Morgan fingerprint density at radius 3 is 1.88 bits per heavy atom. The SMILES string of the molecule is CC(C)c1cccc(CC(C)c2c(F)cc(F)cc2F)c1C(C)C. The molecule has 1 atom stereocenters. The first-order chi connectivity index (χ1) is 11.2. The Hall–Kier alpha value is -1.77. The molecule has 0 spiro atoms. The van der Waals surface area contributed by atoms with Crippen LogP contribution in [0.4, 0.5) is 13.2 Å². The Kier molecular flexibility index (Phi) is 5.74. The molecule has 0 N–H and O–H groups in total. The van der Waals surface area contributed by atoms with E-state index >= 15 is 0 Å². The van der Waals surface area contributed by atoms with Gasteiger partial charge in [-0.1, -0.05) is 52.8 Å². The molecule has 0 aromatic heterocycles. The fourth-order valence-corrected chi connectivity index (χ4v) is 3.47. The lowest BCUT2D eigenvalue weighted by atomic mass is 9.83. The molecule has 0 aliphatic heterocycles. The molecule has 2 aromatic carbocycles. The molecule has 0 aliphatic rings. The molecular formula is C21H25F3. The molecule has 0 heterocycles. The van der Waals surface area contributed by atoms with Crippen molar-refractivity contribution in [2.75, 3.05) is 0 Å². The molecule has 0 saturated heterocycles. The average molecular weight is 334 g/mol. The van der Waals surface area contributed by atoms with E-state index in [1.807, 2.05) is 12.1 Å². The zero-order valence-corrected chi connectivity index (χ0v) is 15.0. The lowest BCUT2D eigenvalue weighted by molar-refractivity contribution is 0.506. The summed E-state index contributed by atoms with van der Waals surface area (Å²) in [6.07, 6.45) is 0.521. The summed E-state index contributed by atoms with van der Waals surface area (Å²) < 4.78 is 41.2. The van der Waals surface area contributed by atoms with Crippen LogP contribution in [0.3, 0.4) is 0 Å². The highest BCUT2D eigenvalue weighted by Gasteiger charge is 2.21. The lowest BCUT2D eigenvalue weighted by Crippen LogP contribution is -2.10. The van der Waals surface area contributed by atoms with E-state index < -0.39 is 17.5 Å². The molecule has 0 amide bonds. The van der Waals surface area contributed by atoms with Crippen LogP contribution < -0.4 is 0 Å². The molecule has 0 nitrogen and oxygen atoms in total. The predicted octanol–water partition coefficient (Wildman–Crippen LogP) is 6.70. The van der Waals surface area contributed by atoms with Crippen LogP contribution in [0.15, 0.2) is 30.3 Å². The van der Waals surface area contributed by atoms with Gasteiger partial charge in [0.15, 0.2) is 0 Å². The molecule has 130 valence electrons. The van der Waals surface area contributed by atoms with Crippen LogP contribution in [0.5, 0.6) is 0 Å². The fourth-order valence-electron chi connectivity index (χ4n) is 3.47. The van der Waals surface area contributed by atoms with Crippen molar-refractivity contribution in [1.82, 2.24) is 0 Å². The maximum absolute atomic E-state index is 14.1. The van der Waals surface area contributed by atoms with E-state index in [0.29, 0.717) is 18.3 Å². The molecule has 0 saturated carbocycles. The Labute approximate surface area is 142 Å². The zero-order valence-electron chi connectivity index (χ0n) is 15.0. The highest BCUT2D eigenvalue weighted by molar-refractivity contribution is 5.41. The van der Waals surface area contributed by atoms with Gasteiger partial charge >= 0.3 is 0 Å². The molecular weight excluding hydrogens is 309 g/mol. The Bertz CT molecular complexity index is 694. The van der Waals surface area contributed by atoms with Gasteiger partial charge in [0, 0.05) is 17.7 Å². The molecule has 0 fully saturated rings. The number of rotatable bonds is 5. The standard InChI is InChI=1S/C21H25F3/c1-12(2)17-8-6-7-15(20(17)13(3)4)9-14(5)21-18(23)10-16(22)11-19(21)24/h6-8,10-14H,9H2,1-5H3. The molecule has 1 unspecified atom stereocenters. The third-order valence-corrected chi connectivity index (χ3v) is 4.49. The van der Waals surface area contributed by atoms with Crippen molar-refractivity contribution in [1.29, 1.82) is 0 Å². The quantitative estimate of drug-likeness (QED) is 0.571. The third-order valence-electron chi connectivity index (χ3n) is 4.49. The van der Waals surface area contributed by atoms with Gasteiger partial charge in [-0.05, 0) is 40.9 Å². The predicted molar refractivity (Wildman–Crippen MR) is 93.1 cm³/mol. The normalized spacial score (nSPS) is 12.9. The Balaban J connectivity index is 2.43. The molecule has 0 radical (unpaired) electrons. The summed E-state index contributed by atoms with van der Waals surface area (Å²) in [6.45, 7) is 10.3. The molecule has 3 heteroatoms. The number of halogens is 3. The third kappa shape index (κ3) is 3.82. The molecule has 2 aromatic rings. The summed E-state index contributed by atoms with van der Waals surface area (Å²) in [5.74, 6) is -2.17. The lowest BCUT2D eigenvalue weighted by Gasteiger charge is -2.22. The molecule has 0 bridgehead atoms. The van der Waals surface area contributed by atoms with Crippen molar-refractivity contribution in [3.05, 3.63) is 70.0 Å². The summed E-state index contributed by atoms with van der Waals surface area (Å²) in [5.41, 5.74) is 3.59. The van der Waals surface area contributed by atoms with Crippen molar-refractivity contribution in [3.8, 4) is 0 Å². The van der Waals surface area contributed by atoms with Gasteiger partial charge in [-0.3, -0.25) is 0 Å². The van der Waals surface area contributed by atoms with Crippen molar-refractivity contribution in [3.63, 3.8) is 0 Å². The smallest absolute Gasteiger partial charge is 0.132 e. The van der Waals surface area contributed by atoms with Gasteiger partial charge in [-0.25, -0.2) is 13.2 Å². The fraction of sp³-hybridized carbons (Fsp3) is 0.429. The van der Waals surface area contributed by atoms with Crippen LogP contribution >= 0.6 is 0 Å². The van der Waals surface area contributed by atoms with Crippen LogP contribution in [0.25, 0.3) is 0 Å². The highest BCUT2D eigenvalue weighted by atomic mass is 19.1. The van der Waals surface area contributed by atoms with Crippen molar-refractivity contribution in [2.24, 2.45) is 0 Å². The van der Waals surface area contributed by atoms with Crippen LogP contribution in [0.2, 0.25) is 0 Å². The van der Waals surface area contributed by atoms with Crippen LogP contribution in [0, 0.1) is 17.5 Å². The molecule has 2 rings (SSSR count). The topological polar surface area (TPSA) is 0 Å². The van der Waals surface area contributed by atoms with Crippen molar-refractivity contribution in [2.45, 2.75) is 58.8 Å². The van der Waals surface area contributed by atoms with E-state index in [1.165, 1.54) is 11.1 Å². The number of benzene rings is 2. The first kappa shape index (κ1) is 18.6. The maximum atomic E-state index is 14.1. The van der Waals surface area contributed by atoms with Crippen LogP contribution in [-0.4, -0.2) is 0 Å². The van der Waals surface area contributed by atoms with Crippen LogP contribution in [-0.2, 0) is 6.42 Å². The summed E-state index contributed by atoms with van der Waals surface area (Å²) in [6, 6.07) is 7.65. The van der Waals surface area contributed by atoms with Crippen LogP contribution in [0.1, 0.15) is 74.6 Å². The van der Waals surface area contributed by atoms with Gasteiger partial charge in [0.25, 0.3) is 0 Å². The van der Waals surface area contributed by atoms with Crippen molar-refractivity contribution >= 4 is 0 Å². The maximum Gasteiger partial charge on any atom is 0.132 e. The minimum Gasteiger partial charge on any atom is -0.207 e. The van der Waals surface area contributed by atoms with E-state index in [2.05, 4.69) is 33.8 Å². The minimum absolute atomic E-state index is 0.0407. The summed E-state index contributed by atoms with van der Waals surface area (Å²) >= 11 is 0. The van der Waals surface area contributed by atoms with E-state index in [0.717, 1.165) is 17.7 Å². The average Bonchev–Trinajstić information content (AvgIpc) is 2.45. The second kappa shape index (κ2) is 7.42. The van der Waals surface area contributed by atoms with Gasteiger partial charge < -0.3 is 0 Å². The van der Waals surface area contributed by atoms with Gasteiger partial charge in [0.2, 0.25) is 0 Å². The van der Waals surface area contributed by atoms with E-state index in [4.69, 9.17) is 0 Å². The van der Waals surface area contributed by atoms with Gasteiger partial charge in [0.05, 0.1) is 0 Å². The second-order valence-electron chi connectivity index (χ2n) is 7.12. The largest absolute Gasteiger partial charge is 0.207 e. The molecule has 0 aliphatic carbocycles. The summed E-state index contributed by atoms with van der Waals surface area (Å²) in [4.78, 5) is 0. The van der Waals surface area contributed by atoms with Gasteiger partial charge in [0.1, 0.15) is 17.5 Å². The first-order valence-corrected chi connectivity index (χ1v) is 8.48. The Morgan fingerprint density at radius 2 is 1.38 bits per heavy atom. The van der Waals surface area contributed by atoms with E-state index in [1.54, 1.807) is 6.92 Å². The zero-order chi connectivity index (χ0) is 18.0. The summed E-state index contributed by atoms with van der Waals surface area (Å²) in [7, 11) is 0. The number of hydrogen-bond donors (Lipinski definition) is 0. The highest BCUT2D eigenvalue weighted by Crippen LogP contribution is 2.33. The Morgan fingerprint density at radius 1 is 0.792 bits per heavy atom.